The van der Waals surface area contributed by atoms with E-state index in [1.54, 1.807) is 6.92 Å². The summed E-state index contributed by atoms with van der Waals surface area (Å²) in [7, 11) is 0. The molecular formula is C10H20N2O2. The molecule has 1 fully saturated rings. The van der Waals surface area contributed by atoms with Gasteiger partial charge in [-0.15, -0.1) is 0 Å². The first-order valence-electron chi connectivity index (χ1n) is 5.24. The Morgan fingerprint density at radius 3 is 2.93 bits per heavy atom. The summed E-state index contributed by atoms with van der Waals surface area (Å²) in [5, 5.41) is 2.92. The van der Waals surface area contributed by atoms with Crippen LogP contribution in [0.25, 0.3) is 0 Å². The first-order valence-corrected chi connectivity index (χ1v) is 5.24. The number of carbonyl (C=O) groups is 1. The van der Waals surface area contributed by atoms with Crippen molar-refractivity contribution in [2.45, 2.75) is 44.7 Å². The van der Waals surface area contributed by atoms with Crippen LogP contribution < -0.4 is 11.1 Å². The van der Waals surface area contributed by atoms with Gasteiger partial charge in [0.25, 0.3) is 0 Å². The van der Waals surface area contributed by atoms with Crippen molar-refractivity contribution < 1.29 is 9.53 Å². The highest BCUT2D eigenvalue weighted by molar-refractivity contribution is 5.85. The normalized spacial score (nSPS) is 25.8. The largest absolute Gasteiger partial charge is 0.379 e. The standard InChI is InChI=1S/C10H20N2O2/c1-3-5-10(2,11)9(13)12-8-4-6-14-7-8/h8H,3-7,11H2,1-2H3,(H,12,13). The van der Waals surface area contributed by atoms with Crippen molar-refractivity contribution in [3.8, 4) is 0 Å². The maximum atomic E-state index is 11.7. The molecule has 2 atom stereocenters. The average molecular weight is 200 g/mol. The van der Waals surface area contributed by atoms with E-state index in [-0.39, 0.29) is 11.9 Å². The van der Waals surface area contributed by atoms with Crippen LogP contribution in [0.2, 0.25) is 0 Å². The Kier molecular flexibility index (Phi) is 3.89. The van der Waals surface area contributed by atoms with Crippen LogP contribution in [0, 0.1) is 0 Å². The van der Waals surface area contributed by atoms with Crippen LogP contribution in [0.3, 0.4) is 0 Å². The van der Waals surface area contributed by atoms with Crippen LogP contribution in [0.15, 0.2) is 0 Å². The number of nitrogens with one attached hydrogen (secondary N) is 1. The van der Waals surface area contributed by atoms with Crippen molar-refractivity contribution in [1.29, 1.82) is 0 Å². The number of amides is 1. The predicted octanol–water partition coefficient (Wildman–Crippen LogP) is 0.409. The smallest absolute Gasteiger partial charge is 0.240 e. The molecule has 1 rings (SSSR count). The molecule has 0 aromatic rings. The van der Waals surface area contributed by atoms with Crippen molar-refractivity contribution in [2.24, 2.45) is 5.73 Å². The van der Waals surface area contributed by atoms with E-state index in [4.69, 9.17) is 10.5 Å². The highest BCUT2D eigenvalue weighted by Crippen LogP contribution is 2.11. The lowest BCUT2D eigenvalue weighted by Gasteiger charge is -2.24. The molecule has 0 saturated carbocycles. The first-order chi connectivity index (χ1) is 6.56. The molecule has 0 aromatic carbocycles. The lowest BCUT2D eigenvalue weighted by atomic mass is 9.96. The van der Waals surface area contributed by atoms with Crippen molar-refractivity contribution in [3.63, 3.8) is 0 Å². The second-order valence-corrected chi connectivity index (χ2v) is 4.20. The fourth-order valence-corrected chi connectivity index (χ4v) is 1.63. The minimum Gasteiger partial charge on any atom is -0.379 e. The van der Waals surface area contributed by atoms with Gasteiger partial charge in [-0.2, -0.15) is 0 Å². The lowest BCUT2D eigenvalue weighted by molar-refractivity contribution is -0.126. The molecule has 1 saturated heterocycles. The van der Waals surface area contributed by atoms with Crippen molar-refractivity contribution in [1.82, 2.24) is 5.32 Å². The third kappa shape index (κ3) is 2.96. The third-order valence-corrected chi connectivity index (χ3v) is 2.55. The van der Waals surface area contributed by atoms with E-state index in [0.29, 0.717) is 13.0 Å². The molecule has 3 N–H and O–H groups in total. The Morgan fingerprint density at radius 2 is 2.43 bits per heavy atom. The Labute approximate surface area is 85.2 Å². The molecule has 4 nitrogen and oxygen atoms in total. The predicted molar refractivity (Wildman–Crippen MR) is 54.9 cm³/mol. The summed E-state index contributed by atoms with van der Waals surface area (Å²) >= 11 is 0. The number of hydrogen-bond acceptors (Lipinski definition) is 3. The third-order valence-electron chi connectivity index (χ3n) is 2.55. The molecular weight excluding hydrogens is 180 g/mol. The second-order valence-electron chi connectivity index (χ2n) is 4.20. The quantitative estimate of drug-likeness (QED) is 0.691. The van der Waals surface area contributed by atoms with Crippen LogP contribution in [0.4, 0.5) is 0 Å². The summed E-state index contributed by atoms with van der Waals surface area (Å²) in [6, 6.07) is 0.155. The van der Waals surface area contributed by atoms with Crippen molar-refractivity contribution >= 4 is 5.91 Å². The molecule has 0 spiro atoms. The van der Waals surface area contributed by atoms with Gasteiger partial charge in [-0.05, 0) is 19.8 Å². The average Bonchev–Trinajstić information content (AvgIpc) is 2.56. The molecule has 14 heavy (non-hydrogen) atoms. The van der Waals surface area contributed by atoms with E-state index in [1.165, 1.54) is 0 Å². The Morgan fingerprint density at radius 1 is 1.71 bits per heavy atom. The van der Waals surface area contributed by atoms with Gasteiger partial charge in [0.05, 0.1) is 18.2 Å². The molecule has 82 valence electrons. The van der Waals surface area contributed by atoms with Crippen LogP contribution in [0.1, 0.15) is 33.1 Å². The number of nitrogens with two attached hydrogens (primary N) is 1. The maximum absolute atomic E-state index is 11.7. The molecule has 0 radical (unpaired) electrons. The van der Waals surface area contributed by atoms with Crippen LogP contribution >= 0.6 is 0 Å². The second kappa shape index (κ2) is 4.75. The first kappa shape index (κ1) is 11.5. The summed E-state index contributed by atoms with van der Waals surface area (Å²) in [6.07, 6.45) is 2.53. The van der Waals surface area contributed by atoms with Gasteiger partial charge in [0.2, 0.25) is 5.91 Å². The van der Waals surface area contributed by atoms with Gasteiger partial charge >= 0.3 is 0 Å². The molecule has 0 aromatic heterocycles. The van der Waals surface area contributed by atoms with Crippen molar-refractivity contribution in [3.05, 3.63) is 0 Å². The fourth-order valence-electron chi connectivity index (χ4n) is 1.63. The summed E-state index contributed by atoms with van der Waals surface area (Å²) in [5.41, 5.74) is 5.16. The van der Waals surface area contributed by atoms with Crippen molar-refractivity contribution in [2.75, 3.05) is 13.2 Å². The van der Waals surface area contributed by atoms with Gasteiger partial charge in [-0.1, -0.05) is 13.3 Å². The van der Waals surface area contributed by atoms with E-state index in [9.17, 15) is 4.79 Å². The lowest BCUT2D eigenvalue weighted by Crippen LogP contribution is -2.54. The number of hydrogen-bond donors (Lipinski definition) is 2. The Hall–Kier alpha value is -0.610. The molecule has 0 aliphatic carbocycles. The van der Waals surface area contributed by atoms with Gasteiger partial charge in [-0.25, -0.2) is 0 Å². The highest BCUT2D eigenvalue weighted by Gasteiger charge is 2.29. The topological polar surface area (TPSA) is 64.4 Å². The number of rotatable bonds is 4. The molecule has 1 aliphatic heterocycles. The van der Waals surface area contributed by atoms with E-state index in [0.717, 1.165) is 19.4 Å². The van der Waals surface area contributed by atoms with Gasteiger partial charge < -0.3 is 15.8 Å². The van der Waals surface area contributed by atoms with Gasteiger partial charge in [0.1, 0.15) is 0 Å². The zero-order valence-corrected chi connectivity index (χ0v) is 9.01. The molecule has 0 bridgehead atoms. The number of carbonyl (C=O) groups excluding carboxylic acids is 1. The van der Waals surface area contributed by atoms with Gasteiger partial charge in [0, 0.05) is 6.61 Å². The molecule has 1 amide bonds. The summed E-state index contributed by atoms with van der Waals surface area (Å²) in [4.78, 5) is 11.7. The molecule has 2 unspecified atom stereocenters. The van der Waals surface area contributed by atoms with E-state index in [2.05, 4.69) is 5.32 Å². The summed E-state index contributed by atoms with van der Waals surface area (Å²) in [5.74, 6) is -0.0603. The summed E-state index contributed by atoms with van der Waals surface area (Å²) in [6.45, 7) is 5.16. The zero-order chi connectivity index (χ0) is 10.6. The minimum atomic E-state index is -0.739. The van der Waals surface area contributed by atoms with Crippen LogP contribution in [-0.2, 0) is 9.53 Å². The molecule has 4 heteroatoms. The molecule has 1 heterocycles. The van der Waals surface area contributed by atoms with Crippen LogP contribution in [-0.4, -0.2) is 30.7 Å². The fraction of sp³-hybridized carbons (Fsp3) is 0.900. The van der Waals surface area contributed by atoms with E-state index >= 15 is 0 Å². The monoisotopic (exact) mass is 200 g/mol. The maximum Gasteiger partial charge on any atom is 0.240 e. The van der Waals surface area contributed by atoms with Gasteiger partial charge in [-0.3, -0.25) is 4.79 Å². The molecule has 1 aliphatic rings. The number of ether oxygens (including phenoxy) is 1. The Balaban J connectivity index is 2.39. The minimum absolute atomic E-state index is 0.0603. The highest BCUT2D eigenvalue weighted by atomic mass is 16.5. The zero-order valence-electron chi connectivity index (χ0n) is 9.01. The summed E-state index contributed by atoms with van der Waals surface area (Å²) < 4.78 is 5.18. The van der Waals surface area contributed by atoms with Gasteiger partial charge in [0.15, 0.2) is 0 Å². The van der Waals surface area contributed by atoms with E-state index in [1.807, 2.05) is 6.92 Å². The van der Waals surface area contributed by atoms with E-state index < -0.39 is 5.54 Å². The Bertz CT molecular complexity index is 198. The van der Waals surface area contributed by atoms with Crippen LogP contribution in [0.5, 0.6) is 0 Å². The SMILES string of the molecule is CCCC(C)(N)C(=O)NC1CCOC1.